The van der Waals surface area contributed by atoms with Crippen LogP contribution in [0.25, 0.3) is 0 Å². The minimum Gasteiger partial charge on any atom is -0.387 e. The van der Waals surface area contributed by atoms with Crippen LogP contribution < -0.4 is 0 Å². The van der Waals surface area contributed by atoms with Crippen molar-refractivity contribution in [2.24, 2.45) is 5.41 Å². The third kappa shape index (κ3) is 2.92. The van der Waals surface area contributed by atoms with Crippen LogP contribution in [0.4, 0.5) is 13.2 Å². The van der Waals surface area contributed by atoms with Crippen molar-refractivity contribution in [1.29, 1.82) is 0 Å². The molecule has 2 fully saturated rings. The standard InChI is InChI=1S/C17H18F3NO3/c18-17(19,20)12-5-3-11(4-6-12)13(22)10-21-14(23)9-16(15(21)24)7-1-2-8-16/h3-6,13,22H,1-2,7-10H2. The Bertz CT molecular complexity index is 648. The maximum Gasteiger partial charge on any atom is 0.416 e. The molecule has 1 aromatic carbocycles. The van der Waals surface area contributed by atoms with Gasteiger partial charge in [0.25, 0.3) is 0 Å². The molecule has 2 amide bonds. The highest BCUT2D eigenvalue weighted by molar-refractivity contribution is 6.06. The van der Waals surface area contributed by atoms with Crippen LogP contribution in [0.3, 0.4) is 0 Å². The van der Waals surface area contributed by atoms with E-state index in [4.69, 9.17) is 0 Å². The fourth-order valence-corrected chi connectivity index (χ4v) is 3.66. The van der Waals surface area contributed by atoms with E-state index in [1.807, 2.05) is 0 Å². The number of β-amino-alcohol motifs (C(OH)–C–C–N with tert-alkyl or cyclic N) is 1. The van der Waals surface area contributed by atoms with E-state index >= 15 is 0 Å². The number of aliphatic hydroxyl groups excluding tert-OH is 1. The number of aliphatic hydroxyl groups is 1. The molecule has 1 aliphatic carbocycles. The molecule has 0 bridgehead atoms. The van der Waals surface area contributed by atoms with Crippen molar-refractivity contribution in [2.75, 3.05) is 6.54 Å². The Morgan fingerprint density at radius 3 is 2.25 bits per heavy atom. The molecule has 1 spiro atoms. The highest BCUT2D eigenvalue weighted by Crippen LogP contribution is 2.47. The lowest BCUT2D eigenvalue weighted by Gasteiger charge is -2.23. The molecule has 1 atom stereocenters. The van der Waals surface area contributed by atoms with Crippen molar-refractivity contribution in [2.45, 2.75) is 44.4 Å². The summed E-state index contributed by atoms with van der Waals surface area (Å²) in [5.41, 5.74) is -1.18. The van der Waals surface area contributed by atoms with Crippen molar-refractivity contribution >= 4 is 11.8 Å². The zero-order chi connectivity index (χ0) is 17.5. The van der Waals surface area contributed by atoms with E-state index in [1.165, 1.54) is 12.1 Å². The molecule has 130 valence electrons. The van der Waals surface area contributed by atoms with Gasteiger partial charge in [0.15, 0.2) is 0 Å². The first kappa shape index (κ1) is 17.0. The predicted octanol–water partition coefficient (Wildman–Crippen LogP) is 3.06. The normalized spacial score (nSPS) is 21.8. The maximum atomic E-state index is 12.6. The van der Waals surface area contributed by atoms with Gasteiger partial charge in [-0.2, -0.15) is 13.2 Å². The fraction of sp³-hybridized carbons (Fsp3) is 0.529. The minimum atomic E-state index is -4.45. The van der Waals surface area contributed by atoms with Crippen LogP contribution in [-0.4, -0.2) is 28.4 Å². The van der Waals surface area contributed by atoms with Crippen LogP contribution in [0.15, 0.2) is 24.3 Å². The lowest BCUT2D eigenvalue weighted by molar-refractivity contribution is -0.143. The molecule has 7 heteroatoms. The largest absolute Gasteiger partial charge is 0.416 e. The van der Waals surface area contributed by atoms with Crippen molar-refractivity contribution in [3.63, 3.8) is 0 Å². The lowest BCUT2D eigenvalue weighted by atomic mass is 9.84. The number of carbonyl (C=O) groups excluding carboxylic acids is 2. The van der Waals surface area contributed by atoms with Gasteiger partial charge in [0.05, 0.1) is 23.6 Å². The molecule has 4 nitrogen and oxygen atoms in total. The molecule has 3 rings (SSSR count). The summed E-state index contributed by atoms with van der Waals surface area (Å²) < 4.78 is 37.7. The monoisotopic (exact) mass is 341 g/mol. The van der Waals surface area contributed by atoms with Crippen molar-refractivity contribution in [3.8, 4) is 0 Å². The molecule has 1 N–H and O–H groups in total. The number of hydrogen-bond donors (Lipinski definition) is 1. The van der Waals surface area contributed by atoms with Crippen LogP contribution in [0.1, 0.15) is 49.3 Å². The van der Waals surface area contributed by atoms with Crippen molar-refractivity contribution < 1.29 is 27.9 Å². The van der Waals surface area contributed by atoms with Gasteiger partial charge in [-0.05, 0) is 30.5 Å². The Balaban J connectivity index is 1.71. The van der Waals surface area contributed by atoms with E-state index < -0.39 is 23.3 Å². The van der Waals surface area contributed by atoms with E-state index in [9.17, 15) is 27.9 Å². The Morgan fingerprint density at radius 2 is 1.71 bits per heavy atom. The van der Waals surface area contributed by atoms with Crippen LogP contribution in [0.5, 0.6) is 0 Å². The average molecular weight is 341 g/mol. The number of imide groups is 1. The Hall–Kier alpha value is -1.89. The number of carbonyl (C=O) groups is 2. The molecule has 1 saturated carbocycles. The van der Waals surface area contributed by atoms with Gasteiger partial charge in [-0.1, -0.05) is 25.0 Å². The zero-order valence-electron chi connectivity index (χ0n) is 13.0. The molecule has 1 aliphatic heterocycles. The highest BCUT2D eigenvalue weighted by atomic mass is 19.4. The molecule has 24 heavy (non-hydrogen) atoms. The number of amides is 2. The molecule has 0 radical (unpaired) electrons. The predicted molar refractivity (Wildman–Crippen MR) is 78.6 cm³/mol. The van der Waals surface area contributed by atoms with Crippen LogP contribution in [0.2, 0.25) is 0 Å². The quantitative estimate of drug-likeness (QED) is 0.860. The van der Waals surface area contributed by atoms with E-state index in [0.29, 0.717) is 12.8 Å². The SMILES string of the molecule is O=C1CC2(CCCC2)C(=O)N1CC(O)c1ccc(C(F)(F)F)cc1. The fourth-order valence-electron chi connectivity index (χ4n) is 3.66. The molecule has 0 aromatic heterocycles. The van der Waals surface area contributed by atoms with Gasteiger partial charge in [-0.15, -0.1) is 0 Å². The Labute approximate surface area is 137 Å². The van der Waals surface area contributed by atoms with Crippen molar-refractivity contribution in [1.82, 2.24) is 4.90 Å². The third-order valence-corrected chi connectivity index (χ3v) is 5.03. The summed E-state index contributed by atoms with van der Waals surface area (Å²) in [5.74, 6) is -0.566. The molecule has 1 unspecified atom stereocenters. The van der Waals surface area contributed by atoms with Gasteiger partial charge in [0.2, 0.25) is 11.8 Å². The summed E-state index contributed by atoms with van der Waals surface area (Å²) in [5, 5.41) is 10.2. The van der Waals surface area contributed by atoms with Crippen molar-refractivity contribution in [3.05, 3.63) is 35.4 Å². The summed E-state index contributed by atoms with van der Waals surface area (Å²) in [6.07, 6.45) is -2.28. The number of benzene rings is 1. The first-order valence-electron chi connectivity index (χ1n) is 7.93. The lowest BCUT2D eigenvalue weighted by Crippen LogP contribution is -2.37. The first-order chi connectivity index (χ1) is 11.2. The molecule has 1 saturated heterocycles. The summed E-state index contributed by atoms with van der Waals surface area (Å²) in [6.45, 7) is -0.217. The number of likely N-dealkylation sites (tertiary alicyclic amines) is 1. The number of nitrogens with zero attached hydrogens (tertiary/aromatic N) is 1. The summed E-state index contributed by atoms with van der Waals surface area (Å²) in [7, 11) is 0. The van der Waals surface area contributed by atoms with Crippen LogP contribution in [0, 0.1) is 5.41 Å². The molecule has 2 aliphatic rings. The summed E-state index contributed by atoms with van der Waals surface area (Å²) >= 11 is 0. The van der Waals surface area contributed by atoms with E-state index in [0.717, 1.165) is 29.9 Å². The summed E-state index contributed by atoms with van der Waals surface area (Å²) in [4.78, 5) is 25.7. The number of hydrogen-bond acceptors (Lipinski definition) is 3. The number of rotatable bonds is 3. The van der Waals surface area contributed by atoms with Gasteiger partial charge < -0.3 is 5.11 Å². The molecular formula is C17H18F3NO3. The average Bonchev–Trinajstić information content (AvgIpc) is 3.08. The van der Waals surface area contributed by atoms with Gasteiger partial charge in [-0.3, -0.25) is 14.5 Å². The smallest absolute Gasteiger partial charge is 0.387 e. The third-order valence-electron chi connectivity index (χ3n) is 5.03. The maximum absolute atomic E-state index is 12.6. The number of halogens is 3. The second kappa shape index (κ2) is 5.88. The van der Waals surface area contributed by atoms with Crippen LogP contribution in [-0.2, 0) is 15.8 Å². The Morgan fingerprint density at radius 1 is 1.12 bits per heavy atom. The summed E-state index contributed by atoms with van der Waals surface area (Å²) in [6, 6.07) is 4.10. The van der Waals surface area contributed by atoms with E-state index in [2.05, 4.69) is 0 Å². The van der Waals surface area contributed by atoms with Gasteiger partial charge in [0.1, 0.15) is 0 Å². The number of alkyl halides is 3. The second-order valence-corrected chi connectivity index (χ2v) is 6.61. The van der Waals surface area contributed by atoms with Gasteiger partial charge in [0, 0.05) is 6.42 Å². The Kier molecular flexibility index (Phi) is 4.15. The highest BCUT2D eigenvalue weighted by Gasteiger charge is 2.52. The van der Waals surface area contributed by atoms with Gasteiger partial charge in [-0.25, -0.2) is 0 Å². The molecule has 1 aromatic rings. The van der Waals surface area contributed by atoms with Crippen LogP contribution >= 0.6 is 0 Å². The van der Waals surface area contributed by atoms with E-state index in [1.54, 1.807) is 0 Å². The molecular weight excluding hydrogens is 323 g/mol. The minimum absolute atomic E-state index is 0.172. The second-order valence-electron chi connectivity index (χ2n) is 6.61. The topological polar surface area (TPSA) is 57.6 Å². The zero-order valence-corrected chi connectivity index (χ0v) is 13.0. The van der Waals surface area contributed by atoms with Gasteiger partial charge >= 0.3 is 6.18 Å². The molecule has 1 heterocycles. The first-order valence-corrected chi connectivity index (χ1v) is 7.93. The van der Waals surface area contributed by atoms with E-state index in [-0.39, 0.29) is 30.3 Å².